The fraction of sp³-hybridized carbons (Fsp3) is 0.370. The highest BCUT2D eigenvalue weighted by Gasteiger charge is 2.34. The monoisotopic (exact) mass is 542 g/mol. The van der Waals surface area contributed by atoms with Crippen LogP contribution >= 0.6 is 34.5 Å². The Morgan fingerprint density at radius 3 is 2.69 bits per heavy atom. The van der Waals surface area contributed by atoms with Crippen molar-refractivity contribution in [2.45, 2.75) is 57.2 Å². The highest BCUT2D eigenvalue weighted by molar-refractivity contribution is 7.18. The van der Waals surface area contributed by atoms with Gasteiger partial charge in [0.2, 0.25) is 0 Å². The molecule has 2 saturated carbocycles. The number of carboxylic acids is 1. The Morgan fingerprint density at radius 1 is 1.14 bits per heavy atom. The molecule has 6 rings (SSSR count). The van der Waals surface area contributed by atoms with E-state index in [0.29, 0.717) is 45.3 Å². The Morgan fingerprint density at radius 2 is 1.94 bits per heavy atom. The maximum absolute atomic E-state index is 11.3. The van der Waals surface area contributed by atoms with Gasteiger partial charge in [0.25, 0.3) is 0 Å². The summed E-state index contributed by atoms with van der Waals surface area (Å²) in [6.45, 7) is 0.419. The first-order chi connectivity index (χ1) is 17.5. The number of benzene rings is 2. The van der Waals surface area contributed by atoms with Crippen LogP contribution in [0.15, 0.2) is 40.9 Å². The van der Waals surface area contributed by atoms with E-state index in [1.165, 1.54) is 0 Å². The van der Waals surface area contributed by atoms with Crippen LogP contribution < -0.4 is 0 Å². The Labute approximate surface area is 222 Å². The second-order valence-electron chi connectivity index (χ2n) is 9.66. The molecule has 2 aliphatic rings. The highest BCUT2D eigenvalue weighted by Crippen LogP contribution is 2.46. The van der Waals surface area contributed by atoms with Crippen LogP contribution in [0, 0.1) is 5.92 Å². The number of carbonyl (C=O) groups is 1. The fourth-order valence-corrected chi connectivity index (χ4v) is 6.75. The predicted octanol–water partition coefficient (Wildman–Crippen LogP) is 7.76. The third kappa shape index (κ3) is 4.77. The summed E-state index contributed by atoms with van der Waals surface area (Å²) >= 11 is 14.5. The van der Waals surface area contributed by atoms with E-state index in [4.69, 9.17) is 37.4 Å². The molecular weight excluding hydrogens is 519 g/mol. The number of aromatic carboxylic acids is 1. The number of halogens is 2. The van der Waals surface area contributed by atoms with Gasteiger partial charge in [0.15, 0.2) is 0 Å². The molecule has 0 saturated heterocycles. The van der Waals surface area contributed by atoms with Crippen molar-refractivity contribution in [1.29, 1.82) is 0 Å². The Kier molecular flexibility index (Phi) is 6.50. The molecule has 0 spiro atoms. The number of fused-ring (bicyclic) bond motifs is 1. The van der Waals surface area contributed by atoms with Crippen LogP contribution in [-0.2, 0) is 17.8 Å². The lowest BCUT2D eigenvalue weighted by Gasteiger charge is -2.13. The standard InChI is InChI=1S/C27H24Cl2N2O4S/c28-19-2-1-3-20(29)24(19)25-18(26(35-31-25)15-5-6-15)13-34-17-8-4-14(10-17)11-23-30-21-9-7-16(27(32)33)12-22(21)36-23/h1-3,7,9,12,14-15,17H,4-6,8,10-11,13H2,(H,32,33)/t14-,17?/m1/s1. The van der Waals surface area contributed by atoms with Crippen molar-refractivity contribution in [2.24, 2.45) is 5.92 Å². The van der Waals surface area contributed by atoms with Crippen molar-refractivity contribution in [3.8, 4) is 11.3 Å². The van der Waals surface area contributed by atoms with Crippen LogP contribution in [0.4, 0.5) is 0 Å². The first kappa shape index (κ1) is 23.9. The van der Waals surface area contributed by atoms with E-state index in [-0.39, 0.29) is 6.10 Å². The van der Waals surface area contributed by atoms with Crippen molar-refractivity contribution in [3.63, 3.8) is 0 Å². The molecule has 0 bridgehead atoms. The maximum atomic E-state index is 11.3. The first-order valence-electron chi connectivity index (χ1n) is 12.1. The Balaban J connectivity index is 1.14. The van der Waals surface area contributed by atoms with Crippen LogP contribution in [0.3, 0.4) is 0 Å². The Bertz CT molecular complexity index is 1420. The average molecular weight is 543 g/mol. The maximum Gasteiger partial charge on any atom is 0.335 e. The molecule has 2 aromatic heterocycles. The number of nitrogens with zero attached hydrogens (tertiary/aromatic N) is 2. The molecule has 2 aliphatic carbocycles. The number of hydrogen-bond acceptors (Lipinski definition) is 6. The smallest absolute Gasteiger partial charge is 0.335 e. The molecule has 0 radical (unpaired) electrons. The molecule has 1 N–H and O–H groups in total. The molecule has 36 heavy (non-hydrogen) atoms. The molecule has 2 heterocycles. The van der Waals surface area contributed by atoms with Gasteiger partial charge in [-0.1, -0.05) is 34.4 Å². The molecule has 186 valence electrons. The van der Waals surface area contributed by atoms with Gasteiger partial charge in [0, 0.05) is 23.5 Å². The molecule has 2 aromatic carbocycles. The van der Waals surface area contributed by atoms with Crippen LogP contribution in [0.2, 0.25) is 10.0 Å². The van der Waals surface area contributed by atoms with E-state index in [1.54, 1.807) is 29.5 Å². The summed E-state index contributed by atoms with van der Waals surface area (Å²) < 4.78 is 13.1. The minimum atomic E-state index is -0.916. The summed E-state index contributed by atoms with van der Waals surface area (Å²) in [5, 5.41) is 15.7. The van der Waals surface area contributed by atoms with Crippen molar-refractivity contribution >= 4 is 50.7 Å². The van der Waals surface area contributed by atoms with E-state index >= 15 is 0 Å². The van der Waals surface area contributed by atoms with Gasteiger partial charge in [-0.3, -0.25) is 0 Å². The number of carboxylic acid groups (broad SMARTS) is 1. The van der Waals surface area contributed by atoms with Gasteiger partial charge in [0.1, 0.15) is 11.5 Å². The van der Waals surface area contributed by atoms with E-state index < -0.39 is 5.97 Å². The van der Waals surface area contributed by atoms with Gasteiger partial charge in [-0.05, 0) is 68.4 Å². The summed E-state index contributed by atoms with van der Waals surface area (Å²) in [4.78, 5) is 16.0. The molecule has 6 nitrogen and oxygen atoms in total. The van der Waals surface area contributed by atoms with Crippen molar-refractivity contribution in [2.75, 3.05) is 0 Å². The normalized spacial score (nSPS) is 19.8. The van der Waals surface area contributed by atoms with Crippen LogP contribution in [0.25, 0.3) is 21.5 Å². The number of aromatic nitrogens is 2. The van der Waals surface area contributed by atoms with E-state index in [2.05, 4.69) is 5.16 Å². The topological polar surface area (TPSA) is 85.5 Å². The molecular formula is C27H24Cl2N2O4S. The van der Waals surface area contributed by atoms with E-state index in [9.17, 15) is 9.90 Å². The minimum Gasteiger partial charge on any atom is -0.478 e. The van der Waals surface area contributed by atoms with E-state index in [1.807, 2.05) is 18.2 Å². The summed E-state index contributed by atoms with van der Waals surface area (Å²) in [5.41, 5.74) is 3.48. The van der Waals surface area contributed by atoms with Gasteiger partial charge < -0.3 is 14.4 Å². The lowest BCUT2D eigenvalue weighted by molar-refractivity contribution is 0.0424. The molecule has 1 unspecified atom stereocenters. The molecule has 9 heteroatoms. The molecule has 4 aromatic rings. The minimum absolute atomic E-state index is 0.152. The lowest BCUT2D eigenvalue weighted by Crippen LogP contribution is -2.10. The van der Waals surface area contributed by atoms with Gasteiger partial charge in [-0.15, -0.1) is 11.3 Å². The predicted molar refractivity (Wildman–Crippen MR) is 140 cm³/mol. The number of thiazole rings is 1. The SMILES string of the molecule is O=C(O)c1ccc2nc(C[C@@H]3CCC(OCc4c(-c5c(Cl)cccc5Cl)noc4C4CC4)C3)sc2c1. The first-order valence-corrected chi connectivity index (χ1v) is 13.7. The summed E-state index contributed by atoms with van der Waals surface area (Å²) in [5.74, 6) is 0.853. The van der Waals surface area contributed by atoms with Gasteiger partial charge >= 0.3 is 5.97 Å². The highest BCUT2D eigenvalue weighted by atomic mass is 35.5. The van der Waals surface area contributed by atoms with Gasteiger partial charge in [-0.2, -0.15) is 0 Å². The fourth-order valence-electron chi connectivity index (χ4n) is 5.05. The van der Waals surface area contributed by atoms with Gasteiger partial charge in [-0.25, -0.2) is 9.78 Å². The second kappa shape index (κ2) is 9.78. The van der Waals surface area contributed by atoms with E-state index in [0.717, 1.165) is 65.1 Å². The quantitative estimate of drug-likeness (QED) is 0.245. The van der Waals surface area contributed by atoms with Crippen LogP contribution in [0.1, 0.15) is 64.7 Å². The van der Waals surface area contributed by atoms with Crippen molar-refractivity contribution < 1.29 is 19.2 Å². The zero-order valence-electron chi connectivity index (χ0n) is 19.4. The number of ether oxygens (including phenoxy) is 1. The largest absolute Gasteiger partial charge is 0.478 e. The van der Waals surface area contributed by atoms with Crippen molar-refractivity contribution in [1.82, 2.24) is 10.1 Å². The number of hydrogen-bond donors (Lipinski definition) is 1. The molecule has 0 aliphatic heterocycles. The summed E-state index contributed by atoms with van der Waals surface area (Å²) in [6.07, 6.45) is 6.25. The molecule has 2 fully saturated rings. The third-order valence-corrected chi connectivity index (χ3v) is 8.74. The lowest BCUT2D eigenvalue weighted by atomic mass is 10.0. The second-order valence-corrected chi connectivity index (χ2v) is 11.6. The third-order valence-electron chi connectivity index (χ3n) is 7.07. The Hall–Kier alpha value is -2.45. The zero-order chi connectivity index (χ0) is 24.8. The van der Waals surface area contributed by atoms with Crippen LogP contribution in [0.5, 0.6) is 0 Å². The van der Waals surface area contributed by atoms with Gasteiger partial charge in [0.05, 0.1) is 43.5 Å². The van der Waals surface area contributed by atoms with Crippen LogP contribution in [-0.4, -0.2) is 27.3 Å². The zero-order valence-corrected chi connectivity index (χ0v) is 21.7. The molecule has 2 atom stereocenters. The summed E-state index contributed by atoms with van der Waals surface area (Å²) in [6, 6.07) is 10.5. The number of rotatable bonds is 8. The summed E-state index contributed by atoms with van der Waals surface area (Å²) in [7, 11) is 0. The average Bonchev–Trinajstić information content (AvgIpc) is 3.26. The molecule has 0 amide bonds. The van der Waals surface area contributed by atoms with Crippen molar-refractivity contribution in [3.05, 3.63) is 68.3 Å².